The van der Waals surface area contributed by atoms with E-state index in [1.165, 1.54) is 12.1 Å². The van der Waals surface area contributed by atoms with Crippen molar-refractivity contribution in [3.63, 3.8) is 0 Å². The number of halogens is 3. The number of nitrogens with one attached hydrogen (secondary N) is 1. The van der Waals surface area contributed by atoms with Gasteiger partial charge in [0.05, 0.1) is 12.7 Å². The smallest absolute Gasteiger partial charge is 0.338 e. The van der Waals surface area contributed by atoms with Crippen LogP contribution < -0.4 is 5.32 Å². The molecule has 2 aromatic carbocycles. The van der Waals surface area contributed by atoms with Crippen molar-refractivity contribution in [2.75, 3.05) is 7.11 Å². The van der Waals surface area contributed by atoms with Gasteiger partial charge in [0.2, 0.25) is 0 Å². The highest BCUT2D eigenvalue weighted by Gasteiger charge is 2.27. The first kappa shape index (κ1) is 23.9. The predicted molar refractivity (Wildman–Crippen MR) is 105 cm³/mol. The van der Waals surface area contributed by atoms with Crippen LogP contribution in [0.1, 0.15) is 47.1 Å². The SMILES string of the molecule is COC(=O)[C@@H](Cc1ccc(C(=O)OC(C)(C)C)cc1)NC(=O)c1c(F)cc(F)cc1F. The zero-order chi connectivity index (χ0) is 23.3. The summed E-state index contributed by atoms with van der Waals surface area (Å²) in [6.45, 7) is 5.20. The minimum absolute atomic E-state index is 0.0859. The van der Waals surface area contributed by atoms with Crippen molar-refractivity contribution < 1.29 is 37.0 Å². The second-order valence-corrected chi connectivity index (χ2v) is 7.70. The lowest BCUT2D eigenvalue weighted by atomic mass is 10.0. The van der Waals surface area contributed by atoms with Crippen LogP contribution in [0, 0.1) is 17.5 Å². The molecule has 2 aromatic rings. The van der Waals surface area contributed by atoms with Crippen LogP contribution in [0.15, 0.2) is 36.4 Å². The lowest BCUT2D eigenvalue weighted by Crippen LogP contribution is -2.43. The van der Waals surface area contributed by atoms with Crippen LogP contribution in [0.3, 0.4) is 0 Å². The molecule has 0 aliphatic carbocycles. The van der Waals surface area contributed by atoms with Crippen molar-refractivity contribution >= 4 is 17.8 Å². The van der Waals surface area contributed by atoms with E-state index in [0.717, 1.165) is 7.11 Å². The van der Waals surface area contributed by atoms with Crippen molar-refractivity contribution in [2.24, 2.45) is 0 Å². The number of benzene rings is 2. The Morgan fingerprint density at radius 1 is 1.00 bits per heavy atom. The lowest BCUT2D eigenvalue weighted by molar-refractivity contribution is -0.142. The standard InChI is InChI=1S/C22H22F3NO5/c1-22(2,3)31-20(28)13-7-5-12(6-8-13)9-17(21(29)30-4)26-19(27)18-15(24)10-14(23)11-16(18)25/h5-8,10-11,17H,9H2,1-4H3,(H,26,27)/t17-/m1/s1. The molecule has 0 bridgehead atoms. The summed E-state index contributed by atoms with van der Waals surface area (Å²) in [6, 6.07) is 5.49. The van der Waals surface area contributed by atoms with Crippen LogP contribution >= 0.6 is 0 Å². The fraction of sp³-hybridized carbons (Fsp3) is 0.318. The zero-order valence-corrected chi connectivity index (χ0v) is 17.4. The van der Waals surface area contributed by atoms with Crippen molar-refractivity contribution in [1.29, 1.82) is 0 Å². The molecule has 166 valence electrons. The molecular weight excluding hydrogens is 415 g/mol. The van der Waals surface area contributed by atoms with E-state index in [-0.39, 0.29) is 12.0 Å². The third-order valence-corrected chi connectivity index (χ3v) is 4.05. The largest absolute Gasteiger partial charge is 0.467 e. The van der Waals surface area contributed by atoms with Gasteiger partial charge in [-0.1, -0.05) is 12.1 Å². The minimum Gasteiger partial charge on any atom is -0.467 e. The summed E-state index contributed by atoms with van der Waals surface area (Å²) in [4.78, 5) is 36.5. The first-order valence-electron chi connectivity index (χ1n) is 9.27. The Morgan fingerprint density at radius 2 is 1.55 bits per heavy atom. The summed E-state index contributed by atoms with van der Waals surface area (Å²) < 4.78 is 50.7. The number of amides is 1. The Kier molecular flexibility index (Phi) is 7.43. The minimum atomic E-state index is -1.40. The summed E-state index contributed by atoms with van der Waals surface area (Å²) in [5, 5.41) is 2.19. The van der Waals surface area contributed by atoms with Crippen LogP contribution in [0.25, 0.3) is 0 Å². The Balaban J connectivity index is 2.18. The van der Waals surface area contributed by atoms with Crippen LogP contribution in [-0.4, -0.2) is 36.6 Å². The number of ether oxygens (including phenoxy) is 2. The number of carbonyl (C=O) groups is 3. The van der Waals surface area contributed by atoms with E-state index in [1.807, 2.05) is 0 Å². The molecule has 0 aliphatic rings. The van der Waals surface area contributed by atoms with E-state index in [1.54, 1.807) is 32.9 Å². The number of hydrogen-bond acceptors (Lipinski definition) is 5. The van der Waals surface area contributed by atoms with E-state index in [2.05, 4.69) is 10.1 Å². The Labute approximate surface area is 177 Å². The first-order valence-corrected chi connectivity index (χ1v) is 9.27. The van der Waals surface area contributed by atoms with Crippen LogP contribution in [0.5, 0.6) is 0 Å². The molecule has 2 rings (SSSR count). The molecule has 0 radical (unpaired) electrons. The van der Waals surface area contributed by atoms with Crippen molar-refractivity contribution in [3.05, 3.63) is 70.5 Å². The molecule has 31 heavy (non-hydrogen) atoms. The summed E-state index contributed by atoms with van der Waals surface area (Å²) >= 11 is 0. The predicted octanol–water partition coefficient (Wildman–Crippen LogP) is 3.57. The van der Waals surface area contributed by atoms with Gasteiger partial charge in [-0.25, -0.2) is 22.8 Å². The fourth-order valence-electron chi connectivity index (χ4n) is 2.67. The second kappa shape index (κ2) is 9.63. The average Bonchev–Trinajstić information content (AvgIpc) is 2.65. The molecule has 1 atom stereocenters. The maximum atomic E-state index is 13.9. The molecule has 0 saturated heterocycles. The Morgan fingerprint density at radius 3 is 2.03 bits per heavy atom. The average molecular weight is 437 g/mol. The molecule has 6 nitrogen and oxygen atoms in total. The number of esters is 2. The van der Waals surface area contributed by atoms with Gasteiger partial charge >= 0.3 is 11.9 Å². The molecule has 9 heteroatoms. The number of methoxy groups -OCH3 is 1. The van der Waals surface area contributed by atoms with Crippen molar-refractivity contribution in [2.45, 2.75) is 38.8 Å². The third-order valence-electron chi connectivity index (χ3n) is 4.05. The van der Waals surface area contributed by atoms with E-state index in [4.69, 9.17) is 4.74 Å². The summed E-state index contributed by atoms with van der Waals surface area (Å²) in [7, 11) is 1.09. The molecular formula is C22H22F3NO5. The van der Waals surface area contributed by atoms with E-state index >= 15 is 0 Å². The number of rotatable bonds is 6. The molecule has 0 unspecified atom stereocenters. The monoisotopic (exact) mass is 437 g/mol. The van der Waals surface area contributed by atoms with E-state index < -0.39 is 52.5 Å². The molecule has 1 N–H and O–H groups in total. The van der Waals surface area contributed by atoms with Gasteiger partial charge in [-0.2, -0.15) is 0 Å². The van der Waals surface area contributed by atoms with Gasteiger partial charge in [-0.3, -0.25) is 4.79 Å². The van der Waals surface area contributed by atoms with Gasteiger partial charge in [0.15, 0.2) is 0 Å². The van der Waals surface area contributed by atoms with Gasteiger partial charge < -0.3 is 14.8 Å². The summed E-state index contributed by atoms with van der Waals surface area (Å²) in [5.74, 6) is -6.61. The van der Waals surface area contributed by atoms with E-state index in [0.29, 0.717) is 17.7 Å². The second-order valence-electron chi connectivity index (χ2n) is 7.70. The topological polar surface area (TPSA) is 81.7 Å². The molecule has 0 heterocycles. The Bertz CT molecular complexity index is 961. The molecule has 1 amide bonds. The fourth-order valence-corrected chi connectivity index (χ4v) is 2.67. The molecule has 0 aliphatic heterocycles. The number of carbonyl (C=O) groups excluding carboxylic acids is 3. The molecule has 0 saturated carbocycles. The highest BCUT2D eigenvalue weighted by Crippen LogP contribution is 2.17. The van der Waals surface area contributed by atoms with Crippen molar-refractivity contribution in [1.82, 2.24) is 5.32 Å². The zero-order valence-electron chi connectivity index (χ0n) is 17.4. The quantitative estimate of drug-likeness (QED) is 0.699. The van der Waals surface area contributed by atoms with Gasteiger partial charge in [0.1, 0.15) is 34.7 Å². The Hall–Kier alpha value is -3.36. The van der Waals surface area contributed by atoms with E-state index in [9.17, 15) is 27.6 Å². The highest BCUT2D eigenvalue weighted by atomic mass is 19.1. The van der Waals surface area contributed by atoms with Crippen molar-refractivity contribution in [3.8, 4) is 0 Å². The molecule has 0 fully saturated rings. The highest BCUT2D eigenvalue weighted by molar-refractivity contribution is 5.97. The first-order chi connectivity index (χ1) is 14.4. The number of hydrogen-bond donors (Lipinski definition) is 1. The lowest BCUT2D eigenvalue weighted by Gasteiger charge is -2.20. The molecule has 0 spiro atoms. The third kappa shape index (κ3) is 6.56. The van der Waals surface area contributed by atoms with Gasteiger partial charge in [-0.05, 0) is 38.5 Å². The van der Waals surface area contributed by atoms with Crippen LogP contribution in [0.4, 0.5) is 13.2 Å². The van der Waals surface area contributed by atoms with Gasteiger partial charge in [-0.15, -0.1) is 0 Å². The van der Waals surface area contributed by atoms with Crippen LogP contribution in [0.2, 0.25) is 0 Å². The normalized spacial score (nSPS) is 12.1. The molecule has 0 aromatic heterocycles. The maximum Gasteiger partial charge on any atom is 0.338 e. The van der Waals surface area contributed by atoms with Gasteiger partial charge in [0.25, 0.3) is 5.91 Å². The van der Waals surface area contributed by atoms with Gasteiger partial charge in [0, 0.05) is 18.6 Å². The summed E-state index contributed by atoms with van der Waals surface area (Å²) in [5.41, 5.74) is -0.868. The maximum absolute atomic E-state index is 13.9. The van der Waals surface area contributed by atoms with Crippen LogP contribution in [-0.2, 0) is 20.7 Å². The summed E-state index contributed by atoms with van der Waals surface area (Å²) in [6.07, 6.45) is -0.0859.